The minimum atomic E-state index is -0.563. The van der Waals surface area contributed by atoms with Crippen LogP contribution in [-0.4, -0.2) is 64.7 Å². The lowest BCUT2D eigenvalue weighted by Crippen LogP contribution is -2.24. The molecule has 2 fully saturated rings. The molecule has 0 amide bonds. The van der Waals surface area contributed by atoms with E-state index in [0.717, 1.165) is 76.1 Å². The van der Waals surface area contributed by atoms with Gasteiger partial charge in [0.05, 0.1) is 62.4 Å². The van der Waals surface area contributed by atoms with Crippen LogP contribution >= 0.6 is 11.3 Å². The average molecular weight is 944 g/mol. The van der Waals surface area contributed by atoms with E-state index in [9.17, 15) is 9.59 Å². The van der Waals surface area contributed by atoms with Crippen LogP contribution in [0.15, 0.2) is 109 Å². The molecule has 14 heteroatoms. The smallest absolute Gasteiger partial charge is 0.338 e. The van der Waals surface area contributed by atoms with Crippen molar-refractivity contribution in [2.75, 3.05) is 24.0 Å². The molecule has 0 saturated heterocycles. The number of hydrogen-bond donors (Lipinski definition) is 1. The van der Waals surface area contributed by atoms with Gasteiger partial charge in [-0.15, -0.1) is 11.3 Å². The molecule has 4 aromatic carbocycles. The maximum Gasteiger partial charge on any atom is 0.338 e. The zero-order valence-corrected chi connectivity index (χ0v) is 41.4. The molecule has 360 valence electrons. The van der Waals surface area contributed by atoms with E-state index in [1.165, 1.54) is 25.7 Å². The van der Waals surface area contributed by atoms with Crippen LogP contribution in [0.5, 0.6) is 23.0 Å². The first-order chi connectivity index (χ1) is 32.6. The largest absolute Gasteiger partial charge is 0.493 e. The van der Waals surface area contributed by atoms with Gasteiger partial charge in [0.15, 0.2) is 23.0 Å². The summed E-state index contributed by atoms with van der Waals surface area (Å²) in [5.74, 6) is 2.21. The van der Waals surface area contributed by atoms with Gasteiger partial charge in [-0.25, -0.2) is 9.59 Å². The van der Waals surface area contributed by atoms with Crippen LogP contribution in [0.25, 0.3) is 0 Å². The second-order valence-electron chi connectivity index (χ2n) is 19.1. The summed E-state index contributed by atoms with van der Waals surface area (Å²) in [6.07, 6.45) is 15.0. The highest BCUT2D eigenvalue weighted by Crippen LogP contribution is 2.40. The standard InChI is InChI=1S/C27H33N3O4.C27H32N2O4S/c1-27(2,3)34-26(31)20-8-7-9-21(14-20)30(18-19-16-28-29-17-19)22-12-13-24(32-4)25(15-22)33-23-10-5-6-11-23;1-27(2,3)33-26(30)19-8-7-9-20(14-19)29(17-23-16-28-18-34-23)21-12-13-24(31-4)25(15-21)32-22-10-5-6-11-22/h7-9,12-17,23H,5-6,10-11,18H2,1-4H3,(H,28,29);7-9,12-16,18,22H,5-6,10-11,17H2,1-4H3. The van der Waals surface area contributed by atoms with Crippen LogP contribution in [0.2, 0.25) is 0 Å². The van der Waals surface area contributed by atoms with Crippen molar-refractivity contribution in [3.8, 4) is 23.0 Å². The number of carbonyl (C=O) groups is 2. The fourth-order valence-electron chi connectivity index (χ4n) is 8.18. The molecule has 6 aromatic rings. The molecule has 68 heavy (non-hydrogen) atoms. The number of H-pyrrole nitrogens is 1. The molecule has 0 spiro atoms. The van der Waals surface area contributed by atoms with E-state index in [-0.39, 0.29) is 24.1 Å². The lowest BCUT2D eigenvalue weighted by atomic mass is 10.1. The van der Waals surface area contributed by atoms with Gasteiger partial charge in [0, 0.05) is 57.7 Å². The van der Waals surface area contributed by atoms with Crippen molar-refractivity contribution >= 4 is 46.0 Å². The number of nitrogens with zero attached hydrogens (tertiary/aromatic N) is 4. The molecule has 0 aliphatic heterocycles. The highest BCUT2D eigenvalue weighted by Gasteiger charge is 2.25. The Balaban J connectivity index is 0.000000201. The number of rotatable bonds is 16. The summed E-state index contributed by atoms with van der Waals surface area (Å²) in [5.41, 5.74) is 6.35. The number of hydrogen-bond acceptors (Lipinski definition) is 13. The molecule has 0 bridgehead atoms. The summed E-state index contributed by atoms with van der Waals surface area (Å²) in [6, 6.07) is 26.9. The Bertz CT molecular complexity index is 2380. The fraction of sp³-hybridized carbons (Fsp3) is 0.407. The zero-order valence-electron chi connectivity index (χ0n) is 40.6. The van der Waals surface area contributed by atoms with Gasteiger partial charge in [-0.1, -0.05) is 12.1 Å². The number of anilines is 4. The van der Waals surface area contributed by atoms with E-state index in [4.69, 9.17) is 28.4 Å². The third-order valence-corrected chi connectivity index (χ3v) is 12.2. The number of carbonyl (C=O) groups excluding carboxylic acids is 2. The van der Waals surface area contributed by atoms with Crippen molar-refractivity contribution in [2.45, 2.75) is 129 Å². The summed E-state index contributed by atoms with van der Waals surface area (Å²) in [7, 11) is 3.32. The number of aromatic nitrogens is 3. The monoisotopic (exact) mass is 943 g/mol. The van der Waals surface area contributed by atoms with Gasteiger partial charge < -0.3 is 38.2 Å². The molecule has 0 atom stereocenters. The SMILES string of the molecule is COc1ccc(N(Cc2cn[nH]c2)c2cccc(C(=O)OC(C)(C)C)c2)cc1OC1CCCC1.COc1ccc(N(Cc2cncs2)c2cccc(C(=O)OC(C)(C)C)c2)cc1OC1CCCC1. The van der Waals surface area contributed by atoms with E-state index in [1.807, 2.05) is 132 Å². The third-order valence-electron chi connectivity index (χ3n) is 11.4. The van der Waals surface area contributed by atoms with E-state index < -0.39 is 11.2 Å². The zero-order chi connectivity index (χ0) is 48.3. The van der Waals surface area contributed by atoms with Crippen LogP contribution in [0.3, 0.4) is 0 Å². The Kier molecular flexibility index (Phi) is 16.3. The summed E-state index contributed by atoms with van der Waals surface area (Å²) in [6.45, 7) is 12.4. The normalized spacial score (nSPS) is 14.1. The van der Waals surface area contributed by atoms with Gasteiger partial charge in [0.2, 0.25) is 0 Å². The van der Waals surface area contributed by atoms with Crippen molar-refractivity contribution in [2.24, 2.45) is 0 Å². The van der Waals surface area contributed by atoms with E-state index in [0.29, 0.717) is 30.0 Å². The third kappa shape index (κ3) is 13.8. The Labute approximate surface area is 404 Å². The number of ether oxygens (including phenoxy) is 6. The predicted octanol–water partition coefficient (Wildman–Crippen LogP) is 12.8. The molecular weight excluding hydrogens is 879 g/mol. The number of nitrogens with one attached hydrogen (secondary N) is 1. The van der Waals surface area contributed by atoms with Crippen LogP contribution in [0, 0.1) is 0 Å². The minimum absolute atomic E-state index is 0.210. The van der Waals surface area contributed by atoms with Crippen LogP contribution in [-0.2, 0) is 22.6 Å². The number of benzene rings is 4. The van der Waals surface area contributed by atoms with Crippen molar-refractivity contribution in [3.05, 3.63) is 131 Å². The minimum Gasteiger partial charge on any atom is -0.493 e. The van der Waals surface area contributed by atoms with Gasteiger partial charge in [0.25, 0.3) is 0 Å². The van der Waals surface area contributed by atoms with Crippen molar-refractivity contribution in [1.29, 1.82) is 0 Å². The molecule has 0 radical (unpaired) electrons. The average Bonchev–Trinajstić information content (AvgIpc) is 4.18. The summed E-state index contributed by atoms with van der Waals surface area (Å²) in [5, 5.41) is 6.97. The number of methoxy groups -OCH3 is 2. The number of esters is 2. The Hall–Kier alpha value is -6.54. The molecule has 1 N–H and O–H groups in total. The first kappa shape index (κ1) is 49.4. The first-order valence-electron chi connectivity index (χ1n) is 23.4. The lowest BCUT2D eigenvalue weighted by molar-refractivity contribution is 0.00571. The van der Waals surface area contributed by atoms with E-state index >= 15 is 0 Å². The van der Waals surface area contributed by atoms with E-state index in [2.05, 4.69) is 25.0 Å². The molecule has 0 unspecified atom stereocenters. The van der Waals surface area contributed by atoms with Crippen LogP contribution in [0.4, 0.5) is 22.7 Å². The molecule has 13 nitrogen and oxygen atoms in total. The molecule has 8 rings (SSSR count). The predicted molar refractivity (Wildman–Crippen MR) is 267 cm³/mol. The topological polar surface area (TPSA) is 138 Å². The number of aromatic amines is 1. The lowest BCUT2D eigenvalue weighted by Gasteiger charge is -2.27. The van der Waals surface area contributed by atoms with Gasteiger partial charge in [-0.3, -0.25) is 10.1 Å². The Morgan fingerprint density at radius 1 is 0.618 bits per heavy atom. The maximum atomic E-state index is 12.7. The van der Waals surface area contributed by atoms with Crippen LogP contribution < -0.4 is 28.7 Å². The molecule has 2 aromatic heterocycles. The summed E-state index contributed by atoms with van der Waals surface area (Å²) >= 11 is 1.60. The van der Waals surface area contributed by atoms with Gasteiger partial charge >= 0.3 is 11.9 Å². The van der Waals surface area contributed by atoms with Crippen molar-refractivity contribution in [3.63, 3.8) is 0 Å². The maximum absolute atomic E-state index is 12.7. The Morgan fingerprint density at radius 2 is 1.09 bits per heavy atom. The fourth-order valence-corrected chi connectivity index (χ4v) is 8.77. The first-order valence-corrected chi connectivity index (χ1v) is 24.3. The van der Waals surface area contributed by atoms with Gasteiger partial charge in [-0.05, 0) is 154 Å². The second kappa shape index (κ2) is 22.5. The molecule has 2 saturated carbocycles. The Morgan fingerprint density at radius 3 is 1.50 bits per heavy atom. The molecular formula is C54H65N5O8S. The van der Waals surface area contributed by atoms with Gasteiger partial charge in [0.1, 0.15) is 11.2 Å². The quantitative estimate of drug-likeness (QED) is 0.0925. The van der Waals surface area contributed by atoms with Crippen molar-refractivity contribution in [1.82, 2.24) is 15.2 Å². The second-order valence-corrected chi connectivity index (χ2v) is 20.0. The number of thiazole rings is 1. The molecule has 2 heterocycles. The van der Waals surface area contributed by atoms with E-state index in [1.54, 1.807) is 43.9 Å². The van der Waals surface area contributed by atoms with Gasteiger partial charge in [-0.2, -0.15) is 5.10 Å². The van der Waals surface area contributed by atoms with Crippen molar-refractivity contribution < 1.29 is 38.0 Å². The molecule has 2 aliphatic rings. The molecule has 2 aliphatic carbocycles. The highest BCUT2D eigenvalue weighted by molar-refractivity contribution is 7.09. The summed E-state index contributed by atoms with van der Waals surface area (Å²) < 4.78 is 35.0. The summed E-state index contributed by atoms with van der Waals surface area (Å²) in [4.78, 5) is 35.1. The highest BCUT2D eigenvalue weighted by atomic mass is 32.1. The van der Waals surface area contributed by atoms with Crippen LogP contribution in [0.1, 0.15) is 124 Å².